The summed E-state index contributed by atoms with van der Waals surface area (Å²) in [5, 5.41) is 10.7. The van der Waals surface area contributed by atoms with E-state index in [0.29, 0.717) is 12.3 Å². The maximum atomic E-state index is 10.3. The Morgan fingerprint density at radius 3 is 2.19 bits per heavy atom. The number of anilines is 1. The Bertz CT molecular complexity index is 441. The number of hydrogen-bond acceptors (Lipinski definition) is 3. The first-order chi connectivity index (χ1) is 9.85. The number of hydrogen-bond donors (Lipinski definition) is 3. The van der Waals surface area contributed by atoms with Crippen molar-refractivity contribution in [3.05, 3.63) is 29.3 Å². The summed E-state index contributed by atoms with van der Waals surface area (Å²) in [6.45, 7) is 6.41. The number of ether oxygens (including phenoxy) is 1. The molecule has 0 aliphatic heterocycles. The summed E-state index contributed by atoms with van der Waals surface area (Å²) in [6, 6.07) is 5.58. The zero-order valence-electron chi connectivity index (χ0n) is 12.8. The van der Waals surface area contributed by atoms with Crippen molar-refractivity contribution in [1.82, 2.24) is 0 Å². The average Bonchev–Trinajstić information content (AvgIpc) is 2.33. The van der Waals surface area contributed by atoms with Crippen molar-refractivity contribution >= 4 is 17.9 Å². The number of amides is 2. The molecule has 0 heterocycles. The van der Waals surface area contributed by atoms with Gasteiger partial charge in [-0.2, -0.15) is 0 Å². The molecular formula is C15H24N2O4. The van der Waals surface area contributed by atoms with E-state index < -0.39 is 12.2 Å². The van der Waals surface area contributed by atoms with Crippen LogP contribution in [-0.2, 0) is 4.74 Å². The van der Waals surface area contributed by atoms with Gasteiger partial charge in [-0.15, -0.1) is 0 Å². The van der Waals surface area contributed by atoms with Gasteiger partial charge in [-0.05, 0) is 43.5 Å². The fraction of sp³-hybridized carbons (Fsp3) is 0.467. The van der Waals surface area contributed by atoms with E-state index in [1.165, 1.54) is 0 Å². The molecule has 6 nitrogen and oxygen atoms in total. The SMILES string of the molecule is CCCCCOC(N)=O.Cc1cc(C)cc(NC(=O)O)c1. The lowest BCUT2D eigenvalue weighted by molar-refractivity contribution is 0.154. The van der Waals surface area contributed by atoms with E-state index in [2.05, 4.69) is 17.0 Å². The van der Waals surface area contributed by atoms with Gasteiger partial charge in [0.15, 0.2) is 0 Å². The second-order valence-electron chi connectivity index (χ2n) is 4.68. The molecule has 0 fully saturated rings. The summed E-state index contributed by atoms with van der Waals surface area (Å²) in [7, 11) is 0. The van der Waals surface area contributed by atoms with Crippen molar-refractivity contribution in [1.29, 1.82) is 0 Å². The Balaban J connectivity index is 0.000000400. The third-order valence-electron chi connectivity index (χ3n) is 2.47. The van der Waals surface area contributed by atoms with Crippen molar-refractivity contribution in [2.24, 2.45) is 5.73 Å². The van der Waals surface area contributed by atoms with E-state index in [1.54, 1.807) is 12.1 Å². The number of primary amides is 1. The molecule has 2 amide bonds. The second kappa shape index (κ2) is 10.5. The van der Waals surface area contributed by atoms with Crippen LogP contribution in [0.5, 0.6) is 0 Å². The van der Waals surface area contributed by atoms with Crippen LogP contribution < -0.4 is 11.1 Å². The molecule has 0 atom stereocenters. The molecule has 21 heavy (non-hydrogen) atoms. The zero-order valence-corrected chi connectivity index (χ0v) is 12.8. The molecule has 6 heteroatoms. The summed E-state index contributed by atoms with van der Waals surface area (Å²) < 4.78 is 4.48. The van der Waals surface area contributed by atoms with Crippen molar-refractivity contribution in [3.8, 4) is 0 Å². The number of unbranched alkanes of at least 4 members (excludes halogenated alkanes) is 2. The smallest absolute Gasteiger partial charge is 0.409 e. The first kappa shape index (κ1) is 18.8. The number of aryl methyl sites for hydroxylation is 2. The van der Waals surface area contributed by atoms with Gasteiger partial charge < -0.3 is 15.6 Å². The molecule has 1 aromatic carbocycles. The number of benzene rings is 1. The second-order valence-corrected chi connectivity index (χ2v) is 4.68. The lowest BCUT2D eigenvalue weighted by atomic mass is 10.1. The summed E-state index contributed by atoms with van der Waals surface area (Å²) in [6.07, 6.45) is 1.43. The Morgan fingerprint density at radius 2 is 1.76 bits per heavy atom. The third kappa shape index (κ3) is 11.3. The first-order valence-corrected chi connectivity index (χ1v) is 6.85. The molecule has 0 radical (unpaired) electrons. The summed E-state index contributed by atoms with van der Waals surface area (Å²) in [5.41, 5.74) is 7.45. The van der Waals surface area contributed by atoms with E-state index in [-0.39, 0.29) is 0 Å². The van der Waals surface area contributed by atoms with Crippen LogP contribution in [0.1, 0.15) is 37.3 Å². The highest BCUT2D eigenvalue weighted by molar-refractivity contribution is 5.83. The van der Waals surface area contributed by atoms with Crippen molar-refractivity contribution < 1.29 is 19.4 Å². The van der Waals surface area contributed by atoms with Crippen LogP contribution in [0, 0.1) is 13.8 Å². The van der Waals surface area contributed by atoms with E-state index in [0.717, 1.165) is 30.4 Å². The number of carbonyl (C=O) groups excluding carboxylic acids is 1. The average molecular weight is 296 g/mol. The van der Waals surface area contributed by atoms with Crippen LogP contribution in [0.15, 0.2) is 18.2 Å². The molecule has 1 aromatic rings. The molecule has 0 aliphatic carbocycles. The third-order valence-corrected chi connectivity index (χ3v) is 2.47. The lowest BCUT2D eigenvalue weighted by Gasteiger charge is -2.03. The first-order valence-electron chi connectivity index (χ1n) is 6.85. The quantitative estimate of drug-likeness (QED) is 0.721. The van der Waals surface area contributed by atoms with Gasteiger partial charge in [-0.1, -0.05) is 25.8 Å². The molecule has 0 bridgehead atoms. The molecule has 0 saturated heterocycles. The molecule has 0 saturated carbocycles. The van der Waals surface area contributed by atoms with E-state index in [9.17, 15) is 9.59 Å². The van der Waals surface area contributed by atoms with Gasteiger partial charge in [-0.3, -0.25) is 5.32 Å². The van der Waals surface area contributed by atoms with Crippen LogP contribution in [0.2, 0.25) is 0 Å². The highest BCUT2D eigenvalue weighted by atomic mass is 16.5. The molecule has 0 spiro atoms. The Hall–Kier alpha value is -2.24. The van der Waals surface area contributed by atoms with Gasteiger partial charge in [-0.25, -0.2) is 9.59 Å². The maximum Gasteiger partial charge on any atom is 0.409 e. The molecule has 0 aromatic heterocycles. The number of nitrogens with one attached hydrogen (secondary N) is 1. The Labute approximate surface area is 125 Å². The molecule has 0 unspecified atom stereocenters. The predicted octanol–water partition coefficient (Wildman–Crippen LogP) is 3.67. The topological polar surface area (TPSA) is 102 Å². The van der Waals surface area contributed by atoms with E-state index in [1.807, 2.05) is 19.9 Å². The van der Waals surface area contributed by atoms with Gasteiger partial charge in [0, 0.05) is 5.69 Å². The molecule has 0 aliphatic rings. The molecular weight excluding hydrogens is 272 g/mol. The fourth-order valence-electron chi connectivity index (χ4n) is 1.70. The number of carboxylic acid groups (broad SMARTS) is 1. The van der Waals surface area contributed by atoms with Gasteiger partial charge in [0.05, 0.1) is 6.61 Å². The predicted molar refractivity (Wildman–Crippen MR) is 82.6 cm³/mol. The van der Waals surface area contributed by atoms with Crippen LogP contribution in [0.4, 0.5) is 15.3 Å². The minimum Gasteiger partial charge on any atom is -0.465 e. The van der Waals surface area contributed by atoms with Crippen molar-refractivity contribution in [2.45, 2.75) is 40.0 Å². The monoisotopic (exact) mass is 296 g/mol. The number of rotatable bonds is 5. The van der Waals surface area contributed by atoms with Crippen LogP contribution >= 0.6 is 0 Å². The van der Waals surface area contributed by atoms with Gasteiger partial charge in [0.2, 0.25) is 0 Å². The molecule has 118 valence electrons. The maximum absolute atomic E-state index is 10.3. The lowest BCUT2D eigenvalue weighted by Crippen LogP contribution is -2.13. The number of nitrogens with two attached hydrogens (primary N) is 1. The normalized spacial score (nSPS) is 9.29. The van der Waals surface area contributed by atoms with Crippen LogP contribution in [0.25, 0.3) is 0 Å². The van der Waals surface area contributed by atoms with Gasteiger partial charge >= 0.3 is 12.2 Å². The highest BCUT2D eigenvalue weighted by Gasteiger charge is 1.98. The Morgan fingerprint density at radius 1 is 1.19 bits per heavy atom. The van der Waals surface area contributed by atoms with Crippen LogP contribution in [-0.4, -0.2) is 23.9 Å². The molecule has 4 N–H and O–H groups in total. The number of carbonyl (C=O) groups is 2. The van der Waals surface area contributed by atoms with E-state index >= 15 is 0 Å². The minimum absolute atomic E-state index is 0.461. The largest absolute Gasteiger partial charge is 0.465 e. The summed E-state index contributed by atoms with van der Waals surface area (Å²) in [5.74, 6) is 0. The Kier molecular flexibility index (Phi) is 9.41. The fourth-order valence-corrected chi connectivity index (χ4v) is 1.70. The summed E-state index contributed by atoms with van der Waals surface area (Å²) in [4.78, 5) is 20.2. The minimum atomic E-state index is -1.03. The summed E-state index contributed by atoms with van der Waals surface area (Å²) >= 11 is 0. The van der Waals surface area contributed by atoms with Crippen LogP contribution in [0.3, 0.4) is 0 Å². The standard InChI is InChI=1S/C9H11NO2.C6H13NO2/c1-6-3-7(2)5-8(4-6)10-9(11)12;1-2-3-4-5-9-6(7)8/h3-5,10H,1-2H3,(H,11,12);2-5H2,1H3,(H2,7,8). The molecule has 1 rings (SSSR count). The van der Waals surface area contributed by atoms with E-state index in [4.69, 9.17) is 10.8 Å². The van der Waals surface area contributed by atoms with Crippen molar-refractivity contribution in [3.63, 3.8) is 0 Å². The van der Waals surface area contributed by atoms with Gasteiger partial charge in [0.25, 0.3) is 0 Å². The van der Waals surface area contributed by atoms with Gasteiger partial charge in [0.1, 0.15) is 0 Å². The van der Waals surface area contributed by atoms with Crippen molar-refractivity contribution in [2.75, 3.05) is 11.9 Å². The highest BCUT2D eigenvalue weighted by Crippen LogP contribution is 2.13. The zero-order chi connectivity index (χ0) is 16.3.